The molecule has 0 N–H and O–H groups in total. The fraction of sp³-hybridized carbons (Fsp3) is 0. The molecule has 0 spiro atoms. The summed E-state index contributed by atoms with van der Waals surface area (Å²) >= 11 is 6.33. The molecule has 0 saturated carbocycles. The van der Waals surface area contributed by atoms with E-state index in [2.05, 4.69) is 6.07 Å². The van der Waals surface area contributed by atoms with Gasteiger partial charge >= 0.3 is 27.0 Å². The van der Waals surface area contributed by atoms with Crippen molar-refractivity contribution in [1.82, 2.24) is 0 Å². The molecule has 0 unspecified atom stereocenters. The van der Waals surface area contributed by atoms with Crippen LogP contribution in [0.2, 0.25) is 5.02 Å². The maximum absolute atomic E-state index is 5.48. The number of hydrogen-bond donors (Lipinski definition) is 0. The molecule has 0 aliphatic heterocycles. The van der Waals surface area contributed by atoms with Crippen molar-refractivity contribution in [2.24, 2.45) is 0 Å². The van der Waals surface area contributed by atoms with Gasteiger partial charge in [0.25, 0.3) is 0 Å². The van der Waals surface area contributed by atoms with Crippen molar-refractivity contribution in [2.45, 2.75) is 0 Å². The van der Waals surface area contributed by atoms with Crippen LogP contribution in [0.1, 0.15) is 0 Å². The molecule has 0 aliphatic rings. The summed E-state index contributed by atoms with van der Waals surface area (Å²) in [6.07, 6.45) is 0. The van der Waals surface area contributed by atoms with Crippen LogP contribution in [0.25, 0.3) is 0 Å². The molecule has 0 aliphatic carbocycles. The molecule has 0 amide bonds. The van der Waals surface area contributed by atoms with Crippen molar-refractivity contribution in [3.8, 4) is 0 Å². The van der Waals surface area contributed by atoms with Crippen LogP contribution in [0, 0.1) is 6.07 Å². The van der Waals surface area contributed by atoms with Crippen molar-refractivity contribution in [2.75, 3.05) is 0 Å². The Morgan fingerprint density at radius 2 is 2.00 bits per heavy atom. The first-order chi connectivity index (χ1) is 4.39. The minimum atomic E-state index is 0.669. The molecule has 1 rings (SSSR count). The van der Waals surface area contributed by atoms with E-state index in [4.69, 9.17) is 21.3 Å². The zero-order valence-electron chi connectivity index (χ0n) is 4.77. The van der Waals surface area contributed by atoms with E-state index in [1.165, 1.54) is 0 Å². The molecule has 3 heteroatoms. The Labute approximate surface area is 73.9 Å². The van der Waals surface area contributed by atoms with E-state index >= 15 is 0 Å². The van der Waals surface area contributed by atoms with E-state index in [0.717, 1.165) is 17.3 Å². The average molecular weight is 212 g/mol. The van der Waals surface area contributed by atoms with Crippen LogP contribution in [0.15, 0.2) is 24.3 Å². The number of halogens is 2. The van der Waals surface area contributed by atoms with Crippen LogP contribution >= 0.6 is 21.3 Å². The summed E-state index contributed by atoms with van der Waals surface area (Å²) in [5.74, 6) is 0. The van der Waals surface area contributed by atoms with Gasteiger partial charge in [-0.05, 0) is 0 Å². The number of rotatable bonds is 0. The average Bonchev–Trinajstić information content (AvgIpc) is 1.94. The summed E-state index contributed by atoms with van der Waals surface area (Å²) in [5, 5.41) is 0.669. The third-order valence-electron chi connectivity index (χ3n) is 0.671. The molecule has 0 aromatic heterocycles. The monoisotopic (exact) mass is 210 g/mol. The normalized spacial score (nSPS) is 7.56. The van der Waals surface area contributed by atoms with Crippen molar-refractivity contribution >= 4 is 21.3 Å². The molecule has 44 valence electrons. The fourth-order valence-corrected chi connectivity index (χ4v) is 0.507. The van der Waals surface area contributed by atoms with E-state index in [1.807, 2.05) is 12.1 Å². The quantitative estimate of drug-likeness (QED) is 0.458. The van der Waals surface area contributed by atoms with Crippen molar-refractivity contribution < 1.29 is 17.3 Å². The van der Waals surface area contributed by atoms with E-state index < -0.39 is 0 Å². The molecule has 9 heavy (non-hydrogen) atoms. The van der Waals surface area contributed by atoms with Crippen LogP contribution in [0.4, 0.5) is 0 Å². The standard InChI is InChI=1S/C6H4Cl.ClH.Zn/c7-6-4-2-1-3-5-6;;/h1-4H;1H;/q-1;;+2/p-1. The molecule has 0 atom stereocenters. The van der Waals surface area contributed by atoms with Crippen LogP contribution in [-0.2, 0) is 17.3 Å². The third-order valence-corrected chi connectivity index (χ3v) is 0.906. The van der Waals surface area contributed by atoms with Gasteiger partial charge in [-0.2, -0.15) is 30.3 Å². The van der Waals surface area contributed by atoms with Crippen LogP contribution < -0.4 is 0 Å². The predicted octanol–water partition coefficient (Wildman–Crippen LogP) is 2.83. The summed E-state index contributed by atoms with van der Waals surface area (Å²) in [6, 6.07) is 10.1. The van der Waals surface area contributed by atoms with E-state index in [1.54, 1.807) is 12.1 Å². The Morgan fingerprint density at radius 3 is 2.22 bits per heavy atom. The third kappa shape index (κ3) is 4.90. The first-order valence-corrected chi connectivity index (χ1v) is 6.56. The molecule has 0 saturated heterocycles. The zero-order valence-corrected chi connectivity index (χ0v) is 9.25. The molecule has 0 fully saturated rings. The summed E-state index contributed by atoms with van der Waals surface area (Å²) in [4.78, 5) is 0. The van der Waals surface area contributed by atoms with Gasteiger partial charge in [-0.1, -0.05) is 5.02 Å². The van der Waals surface area contributed by atoms with Crippen LogP contribution in [0.3, 0.4) is 0 Å². The first kappa shape index (κ1) is 9.42. The van der Waals surface area contributed by atoms with E-state index in [0.29, 0.717) is 5.02 Å². The van der Waals surface area contributed by atoms with Crippen LogP contribution in [0.5, 0.6) is 0 Å². The second kappa shape index (κ2) is 6.54. The Balaban J connectivity index is 0.000000291. The van der Waals surface area contributed by atoms with Gasteiger partial charge in [0.2, 0.25) is 0 Å². The fourth-order valence-electron chi connectivity index (χ4n) is 0.371. The molecular formula is C6H4Cl2Zn. The predicted molar refractivity (Wildman–Crippen MR) is 36.1 cm³/mol. The van der Waals surface area contributed by atoms with Gasteiger partial charge in [0.1, 0.15) is 0 Å². The summed E-state index contributed by atoms with van der Waals surface area (Å²) < 4.78 is 0. The Morgan fingerprint density at radius 1 is 1.33 bits per heavy atom. The SMILES string of the molecule is Clc1[c-]cccc1.[Cl][Zn+]. The minimum absolute atomic E-state index is 0.669. The van der Waals surface area contributed by atoms with Crippen molar-refractivity contribution in [1.29, 1.82) is 0 Å². The first-order valence-electron chi connectivity index (χ1n) is 2.28. The second-order valence-corrected chi connectivity index (χ2v) is 1.62. The maximum atomic E-state index is 5.48. The molecule has 0 nitrogen and oxygen atoms in total. The molecule has 0 bridgehead atoms. The van der Waals surface area contributed by atoms with Gasteiger partial charge in [0, 0.05) is 0 Å². The summed E-state index contributed by atoms with van der Waals surface area (Å²) in [6.45, 7) is 0. The van der Waals surface area contributed by atoms with E-state index in [-0.39, 0.29) is 0 Å². The summed E-state index contributed by atoms with van der Waals surface area (Å²) in [5.41, 5.74) is 0. The van der Waals surface area contributed by atoms with Gasteiger partial charge in [-0.3, -0.25) is 0 Å². The van der Waals surface area contributed by atoms with Crippen molar-refractivity contribution in [3.05, 3.63) is 35.4 Å². The Hall–Kier alpha value is 0.423. The molecule has 1 aromatic rings. The molecule has 1 aromatic carbocycles. The van der Waals surface area contributed by atoms with E-state index in [9.17, 15) is 0 Å². The Bertz CT molecular complexity index is 141. The topological polar surface area (TPSA) is 0 Å². The van der Waals surface area contributed by atoms with Crippen molar-refractivity contribution in [3.63, 3.8) is 0 Å². The number of benzene rings is 1. The Kier molecular flexibility index (Phi) is 6.85. The van der Waals surface area contributed by atoms with Gasteiger partial charge in [0.05, 0.1) is 0 Å². The van der Waals surface area contributed by atoms with Crippen LogP contribution in [-0.4, -0.2) is 0 Å². The van der Waals surface area contributed by atoms with Gasteiger partial charge in [-0.15, -0.1) is 11.6 Å². The number of hydrogen-bond acceptors (Lipinski definition) is 0. The van der Waals surface area contributed by atoms with Gasteiger partial charge in [0.15, 0.2) is 0 Å². The molecule has 0 heterocycles. The molecular weight excluding hydrogens is 208 g/mol. The zero-order chi connectivity index (χ0) is 7.11. The summed E-state index contributed by atoms with van der Waals surface area (Å²) in [7, 11) is 4.76. The van der Waals surface area contributed by atoms with Gasteiger partial charge in [-0.25, -0.2) is 0 Å². The second-order valence-electron chi connectivity index (χ2n) is 1.21. The van der Waals surface area contributed by atoms with Gasteiger partial charge < -0.3 is 0 Å². The molecule has 0 radical (unpaired) electrons.